The molecule has 10 atom stereocenters. The number of anilines is 1. The maximum atomic E-state index is 14.8. The first-order valence-corrected chi connectivity index (χ1v) is 24.5. The molecule has 29 heteroatoms. The Morgan fingerprint density at radius 3 is 2.31 bits per heavy atom. The van der Waals surface area contributed by atoms with Gasteiger partial charge in [-0.3, -0.25) is 48.5 Å². The number of nitrogens with zero attached hydrogens (tertiary/aromatic N) is 4. The van der Waals surface area contributed by atoms with E-state index in [0.717, 1.165) is 22.7 Å². The van der Waals surface area contributed by atoms with Crippen molar-refractivity contribution in [1.82, 2.24) is 57.4 Å². The number of benzene rings is 2. The third-order valence-electron chi connectivity index (χ3n) is 12.8. The highest BCUT2D eigenvalue weighted by Gasteiger charge is 2.45. The predicted octanol–water partition coefficient (Wildman–Crippen LogP) is -3.46. The Balaban J connectivity index is 1.29. The molecule has 7 rings (SSSR count). The highest BCUT2D eigenvalue weighted by Crippen LogP contribution is 2.33. The Labute approximate surface area is 424 Å². The largest absolute Gasteiger partial charge is 0.393 e. The average Bonchev–Trinajstić information content (AvgIpc) is 4.10. The molecular formula is C45H57N13O15S. The Kier molecular flexibility index (Phi) is 16.7. The molecule has 13 N–H and O–H groups in total. The summed E-state index contributed by atoms with van der Waals surface area (Å²) in [4.78, 5) is 130. The number of aromatic amines is 1. The number of non-ortho nitro benzene ring substituents is 1. The number of nitrogens with one attached hydrogen (secondary N) is 9. The van der Waals surface area contributed by atoms with Crippen LogP contribution in [0.2, 0.25) is 0 Å². The van der Waals surface area contributed by atoms with Gasteiger partial charge in [-0.25, -0.2) is 4.63 Å². The molecule has 1 fully saturated rings. The van der Waals surface area contributed by atoms with Gasteiger partial charge < -0.3 is 72.8 Å². The van der Waals surface area contributed by atoms with Gasteiger partial charge >= 0.3 is 5.69 Å². The first kappa shape index (κ1) is 54.3. The van der Waals surface area contributed by atoms with Crippen LogP contribution in [0.4, 0.5) is 11.4 Å². The van der Waals surface area contributed by atoms with Crippen molar-refractivity contribution in [3.63, 3.8) is 0 Å². The van der Waals surface area contributed by atoms with Gasteiger partial charge in [-0.2, -0.15) is 0 Å². The summed E-state index contributed by atoms with van der Waals surface area (Å²) in [6.45, 7) is 3.85. The molecule has 0 radical (unpaired) electrons. The van der Waals surface area contributed by atoms with Crippen LogP contribution >= 0.6 is 11.8 Å². The van der Waals surface area contributed by atoms with Gasteiger partial charge in [0.2, 0.25) is 46.9 Å². The van der Waals surface area contributed by atoms with Gasteiger partial charge in [0.15, 0.2) is 11.6 Å². The highest BCUT2D eigenvalue weighted by atomic mass is 32.2. The molecule has 28 nitrogen and oxygen atoms in total. The van der Waals surface area contributed by atoms with Crippen LogP contribution in [0.3, 0.4) is 0 Å². The second kappa shape index (κ2) is 22.7. The number of H-pyrrole nitrogens is 1. The zero-order valence-corrected chi connectivity index (χ0v) is 41.2. The van der Waals surface area contributed by atoms with Crippen LogP contribution in [0.25, 0.3) is 21.9 Å². The van der Waals surface area contributed by atoms with Crippen LogP contribution in [0.15, 0.2) is 46.1 Å². The van der Waals surface area contributed by atoms with E-state index in [9.17, 15) is 68.9 Å². The molecular weight excluding hydrogens is 995 g/mol. The molecule has 2 aromatic heterocycles. The molecule has 8 amide bonds. The van der Waals surface area contributed by atoms with Crippen molar-refractivity contribution in [2.45, 2.75) is 112 Å². The van der Waals surface area contributed by atoms with Crippen molar-refractivity contribution in [2.24, 2.45) is 5.92 Å². The number of aromatic nitrogens is 3. The second-order valence-corrected chi connectivity index (χ2v) is 19.9. The fourth-order valence-electron chi connectivity index (χ4n) is 8.78. The lowest BCUT2D eigenvalue weighted by atomic mass is 9.95. The van der Waals surface area contributed by atoms with Gasteiger partial charge in [0.05, 0.1) is 33.9 Å². The van der Waals surface area contributed by atoms with Crippen molar-refractivity contribution >= 4 is 92.3 Å². The number of para-hydroxylation sites is 1. The first-order valence-electron chi connectivity index (χ1n) is 23.5. The van der Waals surface area contributed by atoms with Gasteiger partial charge in [-0.1, -0.05) is 32.0 Å². The summed E-state index contributed by atoms with van der Waals surface area (Å²) in [5, 5.41) is 83.8. The average molecular weight is 1050 g/mol. The third-order valence-corrected chi connectivity index (χ3v) is 13.9. The molecule has 0 aliphatic carbocycles. The van der Waals surface area contributed by atoms with E-state index in [0.29, 0.717) is 21.5 Å². The van der Waals surface area contributed by atoms with E-state index in [4.69, 9.17) is 0 Å². The predicted molar refractivity (Wildman–Crippen MR) is 259 cm³/mol. The van der Waals surface area contributed by atoms with Crippen LogP contribution < -0.4 is 42.5 Å². The Bertz CT molecular complexity index is 2840. The van der Waals surface area contributed by atoms with Crippen LogP contribution in [0.5, 0.6) is 0 Å². The Hall–Kier alpha value is -7.47. The van der Waals surface area contributed by atoms with Gasteiger partial charge in [-0.05, 0) is 47.8 Å². The van der Waals surface area contributed by atoms with E-state index in [1.807, 2.05) is 0 Å². The monoisotopic (exact) mass is 1050 g/mol. The number of rotatable bonds is 11. The van der Waals surface area contributed by atoms with E-state index < -0.39 is 138 Å². The maximum Gasteiger partial charge on any atom is 0.300 e. The minimum Gasteiger partial charge on any atom is -0.393 e. The van der Waals surface area contributed by atoms with Crippen LogP contribution in [-0.4, -0.2) is 185 Å². The fourth-order valence-corrected chi connectivity index (χ4v) is 9.89. The summed E-state index contributed by atoms with van der Waals surface area (Å²) in [5.41, 5.74) is -1.33. The number of carbonyl (C=O) groups is 8. The molecule has 2 aromatic carbocycles. The topological polar surface area (TPSA) is 415 Å². The van der Waals surface area contributed by atoms with Crippen LogP contribution in [-0.2, 0) is 44.8 Å². The highest BCUT2D eigenvalue weighted by molar-refractivity contribution is 7.99. The van der Waals surface area contributed by atoms with Crippen LogP contribution in [0.1, 0.15) is 46.1 Å². The number of nitro groups is 1. The van der Waals surface area contributed by atoms with E-state index in [1.165, 1.54) is 33.8 Å². The van der Waals surface area contributed by atoms with E-state index in [2.05, 4.69) is 62.5 Å². The molecule has 10 unspecified atom stereocenters. The van der Waals surface area contributed by atoms with Gasteiger partial charge in [0, 0.05) is 61.6 Å². The number of amides is 8. The molecule has 5 heterocycles. The van der Waals surface area contributed by atoms with Crippen molar-refractivity contribution < 1.29 is 68.3 Å². The lowest BCUT2D eigenvalue weighted by Gasteiger charge is -2.32. The number of thioether (sulfide) groups is 1. The molecule has 3 aliphatic rings. The SMILES string of the molecule is CC1NC(=O)C2CC(O)CN2C(=O)C2CSc3[nH]c4ccccc4c3CC(NC1=O)C(=O)NC(CC(C)(O)CO)C(=O)NC(C(C)C)C(=O)NC(C(O)C(=O)NCCNc1ccc([N+](=O)[O-])c3nonc13)C(=O)N2. The van der Waals surface area contributed by atoms with Crippen molar-refractivity contribution in [2.75, 3.05) is 37.3 Å². The lowest BCUT2D eigenvalue weighted by molar-refractivity contribution is -0.383. The quantitative estimate of drug-likeness (QED) is 0.0394. The Morgan fingerprint density at radius 2 is 1.59 bits per heavy atom. The summed E-state index contributed by atoms with van der Waals surface area (Å²) in [6.07, 6.45) is -4.88. The van der Waals surface area contributed by atoms with Gasteiger partial charge in [-0.15, -0.1) is 11.8 Å². The fraction of sp³-hybridized carbons (Fsp3) is 0.511. The van der Waals surface area contributed by atoms with Gasteiger partial charge in [0.25, 0.3) is 5.91 Å². The number of aliphatic hydroxyl groups is 4. The number of hydrogen-bond acceptors (Lipinski definition) is 19. The molecule has 2 bridgehead atoms. The number of fused-ring (bicyclic) bond motifs is 6. The van der Waals surface area contributed by atoms with Crippen molar-refractivity contribution in [3.8, 4) is 0 Å². The van der Waals surface area contributed by atoms with Crippen LogP contribution in [0, 0.1) is 16.0 Å². The number of aliphatic hydroxyl groups excluding tert-OH is 3. The summed E-state index contributed by atoms with van der Waals surface area (Å²) >= 11 is 0.976. The molecule has 0 saturated carbocycles. The van der Waals surface area contributed by atoms with Gasteiger partial charge in [0.1, 0.15) is 42.3 Å². The van der Waals surface area contributed by atoms with E-state index in [1.54, 1.807) is 24.3 Å². The molecule has 398 valence electrons. The number of hydrogen-bond donors (Lipinski definition) is 13. The molecule has 4 aromatic rings. The van der Waals surface area contributed by atoms with Crippen molar-refractivity contribution in [1.29, 1.82) is 0 Å². The standard InChI is InChI=1S/C45H57N13O15S/c1-19(2)31-40(66)54-34(35(61)42(68)47-12-11-46-25-9-10-29(58(71)72)33-32(25)55-73-56-33)41(67)51-28-17-74-43-23(22-7-5-6-8-24(22)52-43)14-26(37(63)50-27(38(64)53-31)15-45(4,70)18-59)49-36(62)20(3)48-39(65)30-13-21(60)16-57(30)44(28)69/h5-10,19-21,26-28,30-31,34-35,46,52,59-61,70H,11-18H2,1-4H3,(H,47,68)(H,48,65)(H,49,62)(H,50,63)(H,51,67)(H,53,64)(H,54,66). The first-order chi connectivity index (χ1) is 35.1. The zero-order valence-electron chi connectivity index (χ0n) is 40.4. The van der Waals surface area contributed by atoms with E-state index >= 15 is 0 Å². The summed E-state index contributed by atoms with van der Waals surface area (Å²) in [5.74, 6) is -9.51. The second-order valence-electron chi connectivity index (χ2n) is 18.9. The summed E-state index contributed by atoms with van der Waals surface area (Å²) in [6, 6.07) is -2.09. The number of carbonyl (C=O) groups excluding carboxylic acids is 8. The molecule has 0 spiro atoms. The third kappa shape index (κ3) is 12.1. The molecule has 1 saturated heterocycles. The minimum absolute atomic E-state index is 0.00412. The normalized spacial score (nSPS) is 25.9. The number of nitro benzene ring substituents is 1. The molecule has 3 aliphatic heterocycles. The zero-order chi connectivity index (χ0) is 53.8. The summed E-state index contributed by atoms with van der Waals surface area (Å²) < 4.78 is 4.68. The van der Waals surface area contributed by atoms with E-state index in [-0.39, 0.29) is 54.1 Å². The smallest absolute Gasteiger partial charge is 0.300 e. The molecule has 74 heavy (non-hydrogen) atoms. The Morgan fingerprint density at radius 1 is 0.905 bits per heavy atom. The minimum atomic E-state index is -2.42. The lowest BCUT2D eigenvalue weighted by Crippen LogP contribution is -2.64. The van der Waals surface area contributed by atoms with Crippen molar-refractivity contribution in [3.05, 3.63) is 52.1 Å². The summed E-state index contributed by atoms with van der Waals surface area (Å²) in [7, 11) is 0. The maximum absolute atomic E-state index is 14.8.